The van der Waals surface area contributed by atoms with Crippen LogP contribution in [-0.4, -0.2) is 25.1 Å². The van der Waals surface area contributed by atoms with Gasteiger partial charge in [-0.2, -0.15) is 0 Å². The standard InChI is InChI=1S/C22H18N2O5/c1-26-16-6-4-7-17(12-16)28-20-10-9-15(13-23-20)24-22(25)19-11-14-5-3-8-18(27-2)21(14)29-19/h3-13H,1-2H3,(H,24,25). The van der Waals surface area contributed by atoms with E-state index in [4.69, 9.17) is 18.6 Å². The van der Waals surface area contributed by atoms with Crippen molar-refractivity contribution in [3.8, 4) is 23.1 Å². The van der Waals surface area contributed by atoms with E-state index in [9.17, 15) is 4.79 Å². The zero-order valence-corrected chi connectivity index (χ0v) is 15.8. The maximum atomic E-state index is 12.5. The van der Waals surface area contributed by atoms with Gasteiger partial charge < -0.3 is 23.9 Å². The number of nitrogens with one attached hydrogen (secondary N) is 1. The number of hydrogen-bond acceptors (Lipinski definition) is 6. The number of nitrogens with zero attached hydrogens (tertiary/aromatic N) is 1. The summed E-state index contributed by atoms with van der Waals surface area (Å²) < 4.78 is 21.8. The van der Waals surface area contributed by atoms with Crippen molar-refractivity contribution in [1.82, 2.24) is 4.98 Å². The Balaban J connectivity index is 1.46. The monoisotopic (exact) mass is 390 g/mol. The lowest BCUT2D eigenvalue weighted by molar-refractivity contribution is 0.0998. The zero-order chi connectivity index (χ0) is 20.2. The average molecular weight is 390 g/mol. The lowest BCUT2D eigenvalue weighted by Crippen LogP contribution is -2.10. The highest BCUT2D eigenvalue weighted by Gasteiger charge is 2.15. The predicted molar refractivity (Wildman–Crippen MR) is 108 cm³/mol. The Morgan fingerprint density at radius 3 is 2.55 bits per heavy atom. The van der Waals surface area contributed by atoms with Crippen LogP contribution in [0.25, 0.3) is 11.0 Å². The summed E-state index contributed by atoms with van der Waals surface area (Å²) in [5, 5.41) is 3.54. The van der Waals surface area contributed by atoms with Crippen molar-refractivity contribution in [3.05, 3.63) is 72.6 Å². The van der Waals surface area contributed by atoms with Crippen molar-refractivity contribution >= 4 is 22.6 Å². The van der Waals surface area contributed by atoms with Gasteiger partial charge in [0.2, 0.25) is 5.88 Å². The fourth-order valence-electron chi connectivity index (χ4n) is 2.80. The maximum absolute atomic E-state index is 12.5. The Bertz CT molecular complexity index is 1150. The third kappa shape index (κ3) is 3.98. The van der Waals surface area contributed by atoms with Crippen molar-refractivity contribution in [2.24, 2.45) is 0 Å². The first-order chi connectivity index (χ1) is 14.2. The lowest BCUT2D eigenvalue weighted by atomic mass is 10.2. The normalized spacial score (nSPS) is 10.6. The average Bonchev–Trinajstić information content (AvgIpc) is 3.20. The molecule has 0 atom stereocenters. The molecule has 7 heteroatoms. The van der Waals surface area contributed by atoms with Crippen LogP contribution in [0, 0.1) is 0 Å². The summed E-state index contributed by atoms with van der Waals surface area (Å²) >= 11 is 0. The van der Waals surface area contributed by atoms with Crippen LogP contribution in [0.3, 0.4) is 0 Å². The van der Waals surface area contributed by atoms with Crippen molar-refractivity contribution in [2.45, 2.75) is 0 Å². The Labute approximate surface area is 166 Å². The minimum absolute atomic E-state index is 0.182. The second kappa shape index (κ2) is 7.93. The van der Waals surface area contributed by atoms with E-state index in [2.05, 4.69) is 10.3 Å². The summed E-state index contributed by atoms with van der Waals surface area (Å²) in [6, 6.07) is 17.7. The number of ether oxygens (including phenoxy) is 3. The summed E-state index contributed by atoms with van der Waals surface area (Å²) in [5.74, 6) is 2.05. The molecule has 4 aromatic rings. The second-order valence-corrected chi connectivity index (χ2v) is 6.11. The number of furan rings is 1. The number of carbonyl (C=O) groups is 1. The first-order valence-corrected chi connectivity index (χ1v) is 8.82. The van der Waals surface area contributed by atoms with Gasteiger partial charge in [0.15, 0.2) is 17.1 Å². The van der Waals surface area contributed by atoms with E-state index in [-0.39, 0.29) is 11.7 Å². The van der Waals surface area contributed by atoms with Gasteiger partial charge in [-0.1, -0.05) is 18.2 Å². The molecule has 0 fully saturated rings. The number of para-hydroxylation sites is 1. The predicted octanol–water partition coefficient (Wildman–Crippen LogP) is 4.89. The third-order valence-electron chi connectivity index (χ3n) is 4.21. The molecule has 0 saturated carbocycles. The quantitative estimate of drug-likeness (QED) is 0.505. The molecule has 4 rings (SSSR count). The second-order valence-electron chi connectivity index (χ2n) is 6.11. The molecule has 1 N–H and O–H groups in total. The van der Waals surface area contributed by atoms with Gasteiger partial charge in [0, 0.05) is 17.5 Å². The van der Waals surface area contributed by atoms with Gasteiger partial charge in [-0.3, -0.25) is 4.79 Å². The Hall–Kier alpha value is -4.00. The molecule has 2 aromatic carbocycles. The summed E-state index contributed by atoms with van der Waals surface area (Å²) in [5.41, 5.74) is 1.04. The molecule has 0 aliphatic heterocycles. The van der Waals surface area contributed by atoms with Crippen molar-refractivity contribution < 1.29 is 23.4 Å². The van der Waals surface area contributed by atoms with Crippen molar-refractivity contribution in [3.63, 3.8) is 0 Å². The summed E-state index contributed by atoms with van der Waals surface area (Å²) in [4.78, 5) is 16.7. The fraction of sp³-hybridized carbons (Fsp3) is 0.0909. The fourth-order valence-corrected chi connectivity index (χ4v) is 2.80. The SMILES string of the molecule is COc1cccc(Oc2ccc(NC(=O)c3cc4cccc(OC)c4o3)cn2)c1. The maximum Gasteiger partial charge on any atom is 0.291 e. The van der Waals surface area contributed by atoms with Crippen LogP contribution in [0.15, 0.2) is 71.3 Å². The van der Waals surface area contributed by atoms with Crippen LogP contribution >= 0.6 is 0 Å². The van der Waals surface area contributed by atoms with Crippen molar-refractivity contribution in [2.75, 3.05) is 19.5 Å². The number of benzene rings is 2. The molecule has 0 aliphatic carbocycles. The highest BCUT2D eigenvalue weighted by molar-refractivity contribution is 6.05. The molecule has 0 unspecified atom stereocenters. The van der Waals surface area contributed by atoms with Gasteiger partial charge >= 0.3 is 0 Å². The van der Waals surface area contributed by atoms with Crippen molar-refractivity contribution in [1.29, 1.82) is 0 Å². The number of methoxy groups -OCH3 is 2. The number of amides is 1. The van der Waals surface area contributed by atoms with E-state index < -0.39 is 0 Å². The van der Waals surface area contributed by atoms with Gasteiger partial charge in [0.1, 0.15) is 11.5 Å². The molecule has 0 saturated heterocycles. The molecular weight excluding hydrogens is 372 g/mol. The van der Waals surface area contributed by atoms with Gasteiger partial charge in [-0.25, -0.2) is 4.98 Å². The number of hydrogen-bond donors (Lipinski definition) is 1. The number of pyridine rings is 1. The van der Waals surface area contributed by atoms with Gasteiger partial charge in [-0.05, 0) is 30.3 Å². The molecule has 7 nitrogen and oxygen atoms in total. The Morgan fingerprint density at radius 2 is 1.79 bits per heavy atom. The van der Waals surface area contributed by atoms with E-state index in [0.29, 0.717) is 34.4 Å². The Kier molecular flexibility index (Phi) is 5.03. The van der Waals surface area contributed by atoms with Crippen LogP contribution in [0.5, 0.6) is 23.1 Å². The summed E-state index contributed by atoms with van der Waals surface area (Å²) in [7, 11) is 3.14. The van der Waals surface area contributed by atoms with E-state index in [1.165, 1.54) is 6.20 Å². The Morgan fingerprint density at radius 1 is 0.966 bits per heavy atom. The molecule has 2 aromatic heterocycles. The minimum Gasteiger partial charge on any atom is -0.497 e. The summed E-state index contributed by atoms with van der Waals surface area (Å²) in [6.07, 6.45) is 1.51. The highest BCUT2D eigenvalue weighted by Crippen LogP contribution is 2.29. The first-order valence-electron chi connectivity index (χ1n) is 8.82. The highest BCUT2D eigenvalue weighted by atomic mass is 16.5. The topological polar surface area (TPSA) is 82.8 Å². The van der Waals surface area contributed by atoms with E-state index in [1.807, 2.05) is 24.3 Å². The van der Waals surface area contributed by atoms with Gasteiger partial charge in [0.05, 0.1) is 26.1 Å². The first kappa shape index (κ1) is 18.4. The smallest absolute Gasteiger partial charge is 0.291 e. The van der Waals surface area contributed by atoms with Crippen LogP contribution in [0.4, 0.5) is 5.69 Å². The molecule has 0 radical (unpaired) electrons. The number of aromatic nitrogens is 1. The molecule has 29 heavy (non-hydrogen) atoms. The van der Waals surface area contributed by atoms with E-state index in [0.717, 1.165) is 5.39 Å². The van der Waals surface area contributed by atoms with Crippen LogP contribution in [0.1, 0.15) is 10.6 Å². The molecule has 0 spiro atoms. The lowest BCUT2D eigenvalue weighted by Gasteiger charge is -2.07. The van der Waals surface area contributed by atoms with Gasteiger partial charge in [-0.15, -0.1) is 0 Å². The van der Waals surface area contributed by atoms with Gasteiger partial charge in [0.25, 0.3) is 5.91 Å². The zero-order valence-electron chi connectivity index (χ0n) is 15.8. The van der Waals surface area contributed by atoms with Crippen LogP contribution in [-0.2, 0) is 0 Å². The number of carbonyl (C=O) groups excluding carboxylic acids is 1. The molecule has 0 aliphatic rings. The van der Waals surface area contributed by atoms with Crippen LogP contribution in [0.2, 0.25) is 0 Å². The van der Waals surface area contributed by atoms with E-state index >= 15 is 0 Å². The molecule has 146 valence electrons. The molecular formula is C22H18N2O5. The number of fused-ring (bicyclic) bond motifs is 1. The molecule has 2 heterocycles. The summed E-state index contributed by atoms with van der Waals surface area (Å²) in [6.45, 7) is 0. The third-order valence-corrected chi connectivity index (χ3v) is 4.21. The van der Waals surface area contributed by atoms with E-state index in [1.54, 1.807) is 50.6 Å². The van der Waals surface area contributed by atoms with Crippen LogP contribution < -0.4 is 19.5 Å². The largest absolute Gasteiger partial charge is 0.497 e. The number of anilines is 1. The minimum atomic E-state index is -0.383. The number of rotatable bonds is 6. The molecule has 0 bridgehead atoms. The molecule has 1 amide bonds.